The van der Waals surface area contributed by atoms with E-state index in [0.29, 0.717) is 10.9 Å². The highest BCUT2D eigenvalue weighted by Crippen LogP contribution is 2.09. The van der Waals surface area contributed by atoms with Crippen LogP contribution < -0.4 is 5.56 Å². The molecule has 6 nitrogen and oxygen atoms in total. The van der Waals surface area contributed by atoms with Gasteiger partial charge in [-0.3, -0.25) is 9.36 Å². The number of rotatable bonds is 5. The molecular formula is C20H15N3O3. The maximum atomic E-state index is 12.5. The van der Waals surface area contributed by atoms with Crippen LogP contribution in [0, 0.1) is 11.3 Å². The van der Waals surface area contributed by atoms with Gasteiger partial charge in [-0.1, -0.05) is 42.5 Å². The van der Waals surface area contributed by atoms with Crippen molar-refractivity contribution in [2.24, 2.45) is 0 Å². The van der Waals surface area contributed by atoms with E-state index in [1.165, 1.54) is 10.6 Å². The molecule has 0 saturated heterocycles. The van der Waals surface area contributed by atoms with Gasteiger partial charge in [-0.05, 0) is 23.8 Å². The minimum absolute atomic E-state index is 0.163. The van der Waals surface area contributed by atoms with Crippen LogP contribution in [0.5, 0.6) is 0 Å². The number of nitriles is 1. The SMILES string of the molecule is N#CCn1c(COC(=O)/C=C/c2ccccc2)nc2ccccc2c1=O. The highest BCUT2D eigenvalue weighted by molar-refractivity contribution is 5.87. The number of benzene rings is 2. The van der Waals surface area contributed by atoms with Gasteiger partial charge < -0.3 is 4.74 Å². The molecule has 2 aromatic carbocycles. The average Bonchev–Trinajstić information content (AvgIpc) is 2.68. The molecule has 0 N–H and O–H groups in total. The molecule has 0 spiro atoms. The third-order valence-corrected chi connectivity index (χ3v) is 3.72. The van der Waals surface area contributed by atoms with Crippen molar-refractivity contribution < 1.29 is 9.53 Å². The predicted octanol–water partition coefficient (Wildman–Crippen LogP) is 2.68. The molecule has 0 fully saturated rings. The Morgan fingerprint density at radius 3 is 2.65 bits per heavy atom. The Bertz CT molecular complexity index is 1060. The van der Waals surface area contributed by atoms with Crippen LogP contribution in [0.3, 0.4) is 0 Å². The Labute approximate surface area is 149 Å². The summed E-state index contributed by atoms with van der Waals surface area (Å²) >= 11 is 0. The third-order valence-electron chi connectivity index (χ3n) is 3.72. The van der Waals surface area contributed by atoms with E-state index in [0.717, 1.165) is 5.56 Å². The second-order valence-corrected chi connectivity index (χ2v) is 5.45. The fourth-order valence-electron chi connectivity index (χ4n) is 2.47. The maximum Gasteiger partial charge on any atom is 0.331 e. The van der Waals surface area contributed by atoms with Gasteiger partial charge in [0, 0.05) is 6.08 Å². The zero-order chi connectivity index (χ0) is 18.4. The van der Waals surface area contributed by atoms with Gasteiger partial charge in [0.15, 0.2) is 5.82 Å². The Morgan fingerprint density at radius 2 is 1.88 bits per heavy atom. The van der Waals surface area contributed by atoms with Gasteiger partial charge in [0.2, 0.25) is 0 Å². The topological polar surface area (TPSA) is 85.0 Å². The Kier molecular flexibility index (Phi) is 5.20. The first kappa shape index (κ1) is 17.1. The molecule has 1 aromatic heterocycles. The minimum Gasteiger partial charge on any atom is -0.454 e. The highest BCUT2D eigenvalue weighted by Gasteiger charge is 2.12. The van der Waals surface area contributed by atoms with Crippen molar-refractivity contribution in [1.82, 2.24) is 9.55 Å². The van der Waals surface area contributed by atoms with Gasteiger partial charge in [0.05, 0.1) is 17.0 Å². The van der Waals surface area contributed by atoms with Gasteiger partial charge in [-0.2, -0.15) is 5.26 Å². The maximum absolute atomic E-state index is 12.5. The van der Waals surface area contributed by atoms with Crippen LogP contribution >= 0.6 is 0 Å². The summed E-state index contributed by atoms with van der Waals surface area (Å²) in [6.07, 6.45) is 2.95. The van der Waals surface area contributed by atoms with Crippen molar-refractivity contribution in [2.45, 2.75) is 13.2 Å². The molecule has 0 atom stereocenters. The summed E-state index contributed by atoms with van der Waals surface area (Å²) < 4.78 is 6.40. The normalized spacial score (nSPS) is 10.7. The molecule has 0 aliphatic carbocycles. The van der Waals surface area contributed by atoms with Gasteiger partial charge in [-0.15, -0.1) is 0 Å². The standard InChI is InChI=1S/C20H15N3O3/c21-12-13-23-18(22-17-9-5-4-8-16(17)20(23)25)14-26-19(24)11-10-15-6-2-1-3-7-15/h1-11H,13-14H2/b11-10+. The van der Waals surface area contributed by atoms with Crippen molar-refractivity contribution in [3.05, 3.63) is 82.4 Å². The summed E-state index contributed by atoms with van der Waals surface area (Å²) in [5.41, 5.74) is 1.04. The van der Waals surface area contributed by atoms with Crippen LogP contribution in [0.4, 0.5) is 0 Å². The van der Waals surface area contributed by atoms with Gasteiger partial charge in [-0.25, -0.2) is 9.78 Å². The molecule has 0 unspecified atom stereocenters. The fraction of sp³-hybridized carbons (Fsp3) is 0.100. The molecule has 6 heteroatoms. The average molecular weight is 345 g/mol. The summed E-state index contributed by atoms with van der Waals surface area (Å²) in [7, 11) is 0. The van der Waals surface area contributed by atoms with Crippen LogP contribution in [0.15, 0.2) is 65.5 Å². The summed E-state index contributed by atoms with van der Waals surface area (Å²) in [4.78, 5) is 28.8. The van der Waals surface area contributed by atoms with E-state index in [1.54, 1.807) is 30.3 Å². The molecule has 0 amide bonds. The number of aromatic nitrogens is 2. The van der Waals surface area contributed by atoms with Crippen molar-refractivity contribution in [3.63, 3.8) is 0 Å². The molecule has 0 saturated carbocycles. The number of hydrogen-bond donors (Lipinski definition) is 0. The Morgan fingerprint density at radius 1 is 1.15 bits per heavy atom. The number of carbonyl (C=O) groups is 1. The van der Waals surface area contributed by atoms with Crippen LogP contribution in [0.2, 0.25) is 0 Å². The first-order chi connectivity index (χ1) is 12.7. The molecule has 128 valence electrons. The predicted molar refractivity (Wildman–Crippen MR) is 96.9 cm³/mol. The van der Waals surface area contributed by atoms with E-state index in [2.05, 4.69) is 4.98 Å². The van der Waals surface area contributed by atoms with Crippen molar-refractivity contribution in [1.29, 1.82) is 5.26 Å². The van der Waals surface area contributed by atoms with Crippen LogP contribution in [-0.4, -0.2) is 15.5 Å². The van der Waals surface area contributed by atoms with E-state index >= 15 is 0 Å². The van der Waals surface area contributed by atoms with Gasteiger partial charge in [0.25, 0.3) is 5.56 Å². The third kappa shape index (κ3) is 3.84. The molecule has 26 heavy (non-hydrogen) atoms. The number of ether oxygens (including phenoxy) is 1. The number of hydrogen-bond acceptors (Lipinski definition) is 5. The lowest BCUT2D eigenvalue weighted by Gasteiger charge is -2.10. The Balaban J connectivity index is 1.81. The lowest BCUT2D eigenvalue weighted by Crippen LogP contribution is -2.26. The smallest absolute Gasteiger partial charge is 0.331 e. The molecule has 3 rings (SSSR count). The van der Waals surface area contributed by atoms with Gasteiger partial charge >= 0.3 is 5.97 Å². The number of esters is 1. The van der Waals surface area contributed by atoms with E-state index in [-0.39, 0.29) is 24.5 Å². The van der Waals surface area contributed by atoms with Crippen molar-refractivity contribution in [3.8, 4) is 6.07 Å². The monoisotopic (exact) mass is 345 g/mol. The van der Waals surface area contributed by atoms with Crippen molar-refractivity contribution >= 4 is 22.9 Å². The molecule has 0 bridgehead atoms. The summed E-state index contributed by atoms with van der Waals surface area (Å²) in [5, 5.41) is 9.39. The van der Waals surface area contributed by atoms with Crippen LogP contribution in [-0.2, 0) is 22.7 Å². The minimum atomic E-state index is -0.556. The quantitative estimate of drug-likeness (QED) is 0.524. The van der Waals surface area contributed by atoms with E-state index in [4.69, 9.17) is 10.00 Å². The van der Waals surface area contributed by atoms with E-state index < -0.39 is 5.97 Å². The first-order valence-electron chi connectivity index (χ1n) is 7.94. The van der Waals surface area contributed by atoms with Crippen LogP contribution in [0.25, 0.3) is 17.0 Å². The number of carbonyl (C=O) groups excluding carboxylic acids is 1. The fourth-order valence-corrected chi connectivity index (χ4v) is 2.47. The first-order valence-corrected chi connectivity index (χ1v) is 7.94. The lowest BCUT2D eigenvalue weighted by molar-refractivity contribution is -0.139. The second-order valence-electron chi connectivity index (χ2n) is 5.45. The summed E-state index contributed by atoms with van der Waals surface area (Å²) in [5.74, 6) is -0.323. The number of para-hydroxylation sites is 1. The lowest BCUT2D eigenvalue weighted by atomic mass is 10.2. The van der Waals surface area contributed by atoms with Crippen molar-refractivity contribution in [2.75, 3.05) is 0 Å². The number of fused-ring (bicyclic) bond motifs is 1. The number of nitrogens with zero attached hydrogens (tertiary/aromatic N) is 3. The van der Waals surface area contributed by atoms with E-state index in [1.807, 2.05) is 36.4 Å². The highest BCUT2D eigenvalue weighted by atomic mass is 16.5. The summed E-state index contributed by atoms with van der Waals surface area (Å²) in [6, 6.07) is 18.1. The molecule has 0 aliphatic heterocycles. The van der Waals surface area contributed by atoms with Gasteiger partial charge in [0.1, 0.15) is 13.2 Å². The largest absolute Gasteiger partial charge is 0.454 e. The molecule has 0 aliphatic rings. The molecule has 0 radical (unpaired) electrons. The molecule has 1 heterocycles. The molecular weight excluding hydrogens is 330 g/mol. The zero-order valence-corrected chi connectivity index (χ0v) is 13.8. The Hall–Kier alpha value is -3.72. The molecule has 3 aromatic rings. The zero-order valence-electron chi connectivity index (χ0n) is 13.8. The summed E-state index contributed by atoms with van der Waals surface area (Å²) in [6.45, 7) is -0.358. The van der Waals surface area contributed by atoms with Crippen LogP contribution in [0.1, 0.15) is 11.4 Å². The second kappa shape index (κ2) is 7.90. The van der Waals surface area contributed by atoms with E-state index in [9.17, 15) is 9.59 Å².